The standard InChI is InChI=1S/C30H33N3O4/c1-20(24-11-7-9-22-8-5-6-10-25(22)24)31-29(34)26-14-13-23(32-30(26)35)19-33(2)17-16-21-12-15-27(36-3)28(18-21)37-4/h5-15,18,20H,16-17,19H2,1-4H3,(H,31,34)(H,32,35). The molecule has 1 atom stereocenters. The second kappa shape index (κ2) is 11.8. The second-order valence-corrected chi connectivity index (χ2v) is 9.17. The lowest BCUT2D eigenvalue weighted by atomic mass is 9.99. The minimum Gasteiger partial charge on any atom is -0.493 e. The van der Waals surface area contributed by atoms with Crippen LogP contribution in [0.4, 0.5) is 0 Å². The van der Waals surface area contributed by atoms with Crippen molar-refractivity contribution in [2.75, 3.05) is 27.8 Å². The Labute approximate surface area is 217 Å². The number of nitrogens with one attached hydrogen (secondary N) is 2. The molecule has 1 amide bonds. The summed E-state index contributed by atoms with van der Waals surface area (Å²) in [5, 5.41) is 5.16. The summed E-state index contributed by atoms with van der Waals surface area (Å²) in [4.78, 5) is 30.6. The fourth-order valence-electron chi connectivity index (χ4n) is 4.49. The number of methoxy groups -OCH3 is 2. The van der Waals surface area contributed by atoms with Crippen molar-refractivity contribution in [3.8, 4) is 11.5 Å². The summed E-state index contributed by atoms with van der Waals surface area (Å²) in [6.07, 6.45) is 0.813. The molecule has 1 heterocycles. The van der Waals surface area contributed by atoms with Crippen molar-refractivity contribution in [1.29, 1.82) is 0 Å². The molecule has 37 heavy (non-hydrogen) atoms. The van der Waals surface area contributed by atoms with Gasteiger partial charge in [0.1, 0.15) is 5.56 Å². The molecular formula is C30H33N3O4. The molecule has 4 rings (SSSR count). The number of amides is 1. The number of nitrogens with zero attached hydrogens (tertiary/aromatic N) is 1. The van der Waals surface area contributed by atoms with Crippen molar-refractivity contribution in [1.82, 2.24) is 15.2 Å². The highest BCUT2D eigenvalue weighted by molar-refractivity contribution is 5.94. The second-order valence-electron chi connectivity index (χ2n) is 9.17. The molecule has 2 N–H and O–H groups in total. The van der Waals surface area contributed by atoms with Gasteiger partial charge in [0.25, 0.3) is 11.5 Å². The number of fused-ring (bicyclic) bond motifs is 1. The van der Waals surface area contributed by atoms with Gasteiger partial charge in [-0.15, -0.1) is 0 Å². The summed E-state index contributed by atoms with van der Waals surface area (Å²) in [6.45, 7) is 3.26. The van der Waals surface area contributed by atoms with Crippen LogP contribution in [-0.4, -0.2) is 43.6 Å². The number of carbonyl (C=O) groups excluding carboxylic acids is 1. The maximum Gasteiger partial charge on any atom is 0.261 e. The average molecular weight is 500 g/mol. The Balaban J connectivity index is 1.37. The van der Waals surface area contributed by atoms with E-state index in [0.717, 1.165) is 40.6 Å². The van der Waals surface area contributed by atoms with Gasteiger partial charge in [0.2, 0.25) is 0 Å². The molecule has 0 saturated carbocycles. The number of rotatable bonds is 10. The predicted octanol–water partition coefficient (Wildman–Crippen LogP) is 4.71. The van der Waals surface area contributed by atoms with Gasteiger partial charge >= 0.3 is 0 Å². The minimum absolute atomic E-state index is 0.101. The predicted molar refractivity (Wildman–Crippen MR) is 146 cm³/mol. The van der Waals surface area contributed by atoms with Gasteiger partial charge in [-0.25, -0.2) is 0 Å². The number of carbonyl (C=O) groups is 1. The van der Waals surface area contributed by atoms with Crippen molar-refractivity contribution >= 4 is 16.7 Å². The van der Waals surface area contributed by atoms with Crippen LogP contribution in [-0.2, 0) is 13.0 Å². The van der Waals surface area contributed by atoms with Gasteiger partial charge in [0.15, 0.2) is 11.5 Å². The lowest BCUT2D eigenvalue weighted by Crippen LogP contribution is -2.32. The van der Waals surface area contributed by atoms with E-state index in [1.165, 1.54) is 0 Å². The monoisotopic (exact) mass is 499 g/mol. The zero-order valence-electron chi connectivity index (χ0n) is 21.7. The van der Waals surface area contributed by atoms with E-state index >= 15 is 0 Å². The van der Waals surface area contributed by atoms with Crippen LogP contribution in [0.2, 0.25) is 0 Å². The van der Waals surface area contributed by atoms with Crippen LogP contribution < -0.4 is 20.3 Å². The van der Waals surface area contributed by atoms with Crippen LogP contribution in [0.15, 0.2) is 77.6 Å². The quantitative estimate of drug-likeness (QED) is 0.330. The fraction of sp³-hybridized carbons (Fsp3) is 0.267. The molecule has 7 nitrogen and oxygen atoms in total. The van der Waals surface area contributed by atoms with E-state index in [0.29, 0.717) is 18.0 Å². The van der Waals surface area contributed by atoms with Gasteiger partial charge in [-0.2, -0.15) is 0 Å². The summed E-state index contributed by atoms with van der Waals surface area (Å²) in [5.74, 6) is 1.01. The lowest BCUT2D eigenvalue weighted by molar-refractivity contribution is 0.0938. The number of aromatic nitrogens is 1. The van der Waals surface area contributed by atoms with Crippen molar-refractivity contribution in [3.05, 3.63) is 106 Å². The van der Waals surface area contributed by atoms with Crippen molar-refractivity contribution < 1.29 is 14.3 Å². The number of aromatic amines is 1. The Kier molecular flexibility index (Phi) is 8.25. The first-order valence-electron chi connectivity index (χ1n) is 12.3. The van der Waals surface area contributed by atoms with Crippen LogP contribution in [0, 0.1) is 0 Å². The van der Waals surface area contributed by atoms with Crippen LogP contribution in [0.25, 0.3) is 10.8 Å². The first-order valence-corrected chi connectivity index (χ1v) is 12.3. The molecule has 0 saturated heterocycles. The third-order valence-corrected chi connectivity index (χ3v) is 6.52. The Hall–Kier alpha value is -4.10. The number of ether oxygens (including phenoxy) is 2. The number of pyridine rings is 1. The van der Waals surface area contributed by atoms with Gasteiger partial charge in [-0.1, -0.05) is 48.5 Å². The first-order chi connectivity index (χ1) is 17.9. The first kappa shape index (κ1) is 26.0. The Morgan fingerprint density at radius 2 is 1.73 bits per heavy atom. The largest absolute Gasteiger partial charge is 0.493 e. The maximum absolute atomic E-state index is 12.9. The molecule has 4 aromatic rings. The highest BCUT2D eigenvalue weighted by atomic mass is 16.5. The summed E-state index contributed by atoms with van der Waals surface area (Å²) in [6, 6.07) is 23.1. The summed E-state index contributed by atoms with van der Waals surface area (Å²) in [5.41, 5.74) is 2.59. The highest BCUT2D eigenvalue weighted by Crippen LogP contribution is 2.28. The summed E-state index contributed by atoms with van der Waals surface area (Å²) in [7, 11) is 5.23. The number of likely N-dealkylation sites (N-methyl/N-ethyl adjacent to an activating group) is 1. The molecule has 0 fully saturated rings. The molecule has 0 aliphatic heterocycles. The highest BCUT2D eigenvalue weighted by Gasteiger charge is 2.17. The molecule has 0 aliphatic rings. The normalized spacial score (nSPS) is 11.9. The number of benzene rings is 3. The minimum atomic E-state index is -0.395. The molecule has 1 aromatic heterocycles. The third kappa shape index (κ3) is 6.19. The van der Waals surface area contributed by atoms with E-state index in [4.69, 9.17) is 9.47 Å². The van der Waals surface area contributed by atoms with E-state index in [1.807, 2.05) is 74.6 Å². The topological polar surface area (TPSA) is 83.7 Å². The summed E-state index contributed by atoms with van der Waals surface area (Å²) < 4.78 is 10.7. The van der Waals surface area contributed by atoms with Crippen LogP contribution in [0.3, 0.4) is 0 Å². The molecule has 192 valence electrons. The van der Waals surface area contributed by atoms with Crippen LogP contribution in [0.1, 0.15) is 40.1 Å². The Bertz CT molecular complexity index is 1440. The van der Waals surface area contributed by atoms with Crippen molar-refractivity contribution in [3.63, 3.8) is 0 Å². The molecule has 3 aromatic carbocycles. The average Bonchev–Trinajstić information content (AvgIpc) is 2.91. The molecule has 0 bridgehead atoms. The molecule has 0 aliphatic carbocycles. The zero-order chi connectivity index (χ0) is 26.4. The van der Waals surface area contributed by atoms with E-state index in [9.17, 15) is 9.59 Å². The maximum atomic E-state index is 12.9. The van der Waals surface area contributed by atoms with Crippen molar-refractivity contribution in [2.45, 2.75) is 25.9 Å². The Morgan fingerprint density at radius 1 is 0.973 bits per heavy atom. The van der Waals surface area contributed by atoms with Crippen LogP contribution in [0.5, 0.6) is 11.5 Å². The van der Waals surface area contributed by atoms with E-state index in [2.05, 4.69) is 15.2 Å². The molecular weight excluding hydrogens is 466 g/mol. The zero-order valence-corrected chi connectivity index (χ0v) is 21.7. The smallest absolute Gasteiger partial charge is 0.261 e. The van der Waals surface area contributed by atoms with E-state index in [1.54, 1.807) is 26.4 Å². The molecule has 1 unspecified atom stereocenters. The van der Waals surface area contributed by atoms with Crippen molar-refractivity contribution in [2.24, 2.45) is 0 Å². The number of hydrogen-bond acceptors (Lipinski definition) is 5. The van der Waals surface area contributed by atoms with Gasteiger partial charge in [0.05, 0.1) is 20.3 Å². The Morgan fingerprint density at radius 3 is 2.49 bits per heavy atom. The SMILES string of the molecule is COc1ccc(CCN(C)Cc2ccc(C(=O)NC(C)c3cccc4ccccc34)c(=O)[nH]2)cc1OC. The number of hydrogen-bond donors (Lipinski definition) is 2. The van der Waals surface area contributed by atoms with E-state index < -0.39 is 11.5 Å². The van der Waals surface area contributed by atoms with Crippen LogP contribution >= 0.6 is 0 Å². The van der Waals surface area contributed by atoms with Gasteiger partial charge in [-0.3, -0.25) is 9.59 Å². The van der Waals surface area contributed by atoms with Gasteiger partial charge in [-0.05, 0) is 66.6 Å². The molecule has 7 heteroatoms. The summed E-state index contributed by atoms with van der Waals surface area (Å²) >= 11 is 0. The number of H-pyrrole nitrogens is 1. The molecule has 0 spiro atoms. The van der Waals surface area contributed by atoms with Gasteiger partial charge in [0, 0.05) is 18.8 Å². The molecule has 0 radical (unpaired) electrons. The van der Waals surface area contributed by atoms with Gasteiger partial charge < -0.3 is 24.7 Å². The fourth-order valence-corrected chi connectivity index (χ4v) is 4.49. The lowest BCUT2D eigenvalue weighted by Gasteiger charge is -2.18. The van der Waals surface area contributed by atoms with E-state index in [-0.39, 0.29) is 11.6 Å². The third-order valence-electron chi connectivity index (χ3n) is 6.52.